The van der Waals surface area contributed by atoms with E-state index >= 15 is 0 Å². The van der Waals surface area contributed by atoms with Gasteiger partial charge in [0.15, 0.2) is 18.1 Å². The van der Waals surface area contributed by atoms with Gasteiger partial charge in [0.2, 0.25) is 11.7 Å². The Morgan fingerprint density at radius 2 is 1.79 bits per heavy atom. The molecule has 34 heavy (non-hydrogen) atoms. The quantitative estimate of drug-likeness (QED) is 0.451. The molecule has 1 heterocycles. The molecule has 0 bridgehead atoms. The van der Waals surface area contributed by atoms with Crippen LogP contribution in [0.1, 0.15) is 39.1 Å². The SMILES string of the molecule is COc1cc(-c2noc(C)n2)c(N(C(=O)COC(C)=O)C(C)(C)C)cc1OCc1ccccc1. The topological polar surface area (TPSA) is 104 Å². The monoisotopic (exact) mass is 467 g/mol. The van der Waals surface area contributed by atoms with E-state index < -0.39 is 24.0 Å². The summed E-state index contributed by atoms with van der Waals surface area (Å²) in [5, 5.41) is 4.04. The highest BCUT2D eigenvalue weighted by atomic mass is 16.5. The zero-order valence-electron chi connectivity index (χ0n) is 20.2. The molecule has 1 amide bonds. The molecule has 0 atom stereocenters. The van der Waals surface area contributed by atoms with E-state index in [-0.39, 0.29) is 5.82 Å². The van der Waals surface area contributed by atoms with Crippen LogP contribution in [0.15, 0.2) is 47.0 Å². The fraction of sp³-hybridized carbons (Fsp3) is 0.360. The molecule has 0 fully saturated rings. The number of amides is 1. The van der Waals surface area contributed by atoms with Crippen molar-refractivity contribution in [2.24, 2.45) is 0 Å². The van der Waals surface area contributed by atoms with E-state index in [9.17, 15) is 9.59 Å². The Morgan fingerprint density at radius 3 is 2.35 bits per heavy atom. The Hall–Kier alpha value is -3.88. The molecular weight excluding hydrogens is 438 g/mol. The second kappa shape index (κ2) is 10.4. The van der Waals surface area contributed by atoms with Gasteiger partial charge in [0.25, 0.3) is 5.91 Å². The number of benzene rings is 2. The first-order chi connectivity index (χ1) is 16.1. The molecule has 0 saturated carbocycles. The maximum absolute atomic E-state index is 13.2. The van der Waals surface area contributed by atoms with Crippen LogP contribution in [0, 0.1) is 6.92 Å². The highest BCUT2D eigenvalue weighted by molar-refractivity contribution is 6.00. The Balaban J connectivity index is 2.13. The predicted molar refractivity (Wildman–Crippen MR) is 126 cm³/mol. The summed E-state index contributed by atoms with van der Waals surface area (Å²) in [6.07, 6.45) is 0. The summed E-state index contributed by atoms with van der Waals surface area (Å²) < 4.78 is 21.8. The van der Waals surface area contributed by atoms with Crippen molar-refractivity contribution in [3.63, 3.8) is 0 Å². The van der Waals surface area contributed by atoms with Gasteiger partial charge < -0.3 is 23.6 Å². The molecule has 0 spiro atoms. The minimum atomic E-state index is -0.684. The molecule has 0 aliphatic carbocycles. The lowest BCUT2D eigenvalue weighted by Gasteiger charge is -2.37. The lowest BCUT2D eigenvalue weighted by atomic mass is 10.0. The average molecular weight is 468 g/mol. The summed E-state index contributed by atoms with van der Waals surface area (Å²) in [7, 11) is 1.53. The maximum atomic E-state index is 13.2. The first kappa shape index (κ1) is 24.8. The molecule has 0 unspecified atom stereocenters. The zero-order valence-corrected chi connectivity index (χ0v) is 20.2. The molecule has 0 N–H and O–H groups in total. The molecule has 0 aliphatic heterocycles. The van der Waals surface area contributed by atoms with E-state index in [0.717, 1.165) is 5.56 Å². The number of methoxy groups -OCH3 is 1. The minimum Gasteiger partial charge on any atom is -0.493 e. The highest BCUT2D eigenvalue weighted by Crippen LogP contribution is 2.42. The summed E-state index contributed by atoms with van der Waals surface area (Å²) in [4.78, 5) is 30.5. The molecule has 0 saturated heterocycles. The summed E-state index contributed by atoms with van der Waals surface area (Å²) in [6.45, 7) is 8.44. The van der Waals surface area contributed by atoms with Gasteiger partial charge in [0.1, 0.15) is 6.61 Å². The van der Waals surface area contributed by atoms with E-state index in [1.807, 2.05) is 51.1 Å². The molecule has 180 valence electrons. The van der Waals surface area contributed by atoms with Crippen LogP contribution in [0.25, 0.3) is 11.4 Å². The molecule has 1 aromatic heterocycles. The van der Waals surface area contributed by atoms with Crippen molar-refractivity contribution in [3.8, 4) is 22.9 Å². The van der Waals surface area contributed by atoms with Gasteiger partial charge in [-0.3, -0.25) is 9.59 Å². The van der Waals surface area contributed by atoms with Gasteiger partial charge >= 0.3 is 5.97 Å². The molecule has 2 aromatic carbocycles. The van der Waals surface area contributed by atoms with Gasteiger partial charge in [0.05, 0.1) is 18.4 Å². The van der Waals surface area contributed by atoms with Crippen LogP contribution in [-0.4, -0.2) is 41.3 Å². The Kier molecular flexibility index (Phi) is 7.55. The summed E-state index contributed by atoms with van der Waals surface area (Å²) in [5.41, 5.74) is 1.26. The van der Waals surface area contributed by atoms with Gasteiger partial charge in [-0.05, 0) is 32.4 Å². The Bertz CT molecular complexity index is 1150. The second-order valence-electron chi connectivity index (χ2n) is 8.61. The van der Waals surface area contributed by atoms with Gasteiger partial charge in [-0.1, -0.05) is 35.5 Å². The summed E-state index contributed by atoms with van der Waals surface area (Å²) >= 11 is 0. The van der Waals surface area contributed by atoms with Crippen molar-refractivity contribution in [2.75, 3.05) is 18.6 Å². The lowest BCUT2D eigenvalue weighted by molar-refractivity contribution is -0.145. The van der Waals surface area contributed by atoms with E-state index in [1.54, 1.807) is 19.1 Å². The number of carbonyl (C=O) groups is 2. The third-order valence-electron chi connectivity index (χ3n) is 4.85. The number of aromatic nitrogens is 2. The third-order valence-corrected chi connectivity index (χ3v) is 4.85. The number of rotatable bonds is 8. The van der Waals surface area contributed by atoms with Crippen LogP contribution in [0.2, 0.25) is 0 Å². The number of nitrogens with zero attached hydrogens (tertiary/aromatic N) is 3. The second-order valence-corrected chi connectivity index (χ2v) is 8.61. The molecule has 0 aliphatic rings. The number of anilines is 1. The van der Waals surface area contributed by atoms with E-state index in [4.69, 9.17) is 18.7 Å². The summed E-state index contributed by atoms with van der Waals surface area (Å²) in [5.74, 6) is 0.576. The maximum Gasteiger partial charge on any atom is 0.303 e. The number of carbonyl (C=O) groups excluding carboxylic acids is 2. The molecule has 9 heteroatoms. The van der Waals surface area contributed by atoms with Gasteiger partial charge in [-0.25, -0.2) is 0 Å². The third kappa shape index (κ3) is 5.92. The first-order valence-electron chi connectivity index (χ1n) is 10.8. The van der Waals surface area contributed by atoms with E-state index in [0.29, 0.717) is 35.2 Å². The van der Waals surface area contributed by atoms with Crippen LogP contribution in [0.4, 0.5) is 5.69 Å². The number of esters is 1. The van der Waals surface area contributed by atoms with E-state index in [1.165, 1.54) is 18.9 Å². The van der Waals surface area contributed by atoms with Crippen LogP contribution >= 0.6 is 0 Å². The fourth-order valence-electron chi connectivity index (χ4n) is 3.43. The average Bonchev–Trinajstić information content (AvgIpc) is 3.22. The molecule has 3 rings (SSSR count). The minimum absolute atomic E-state index is 0.287. The van der Waals surface area contributed by atoms with Crippen molar-refractivity contribution in [2.45, 2.75) is 46.8 Å². The van der Waals surface area contributed by atoms with Crippen LogP contribution in [0.3, 0.4) is 0 Å². The molecule has 3 aromatic rings. The normalized spacial score (nSPS) is 11.1. The standard InChI is InChI=1S/C25H29N3O6/c1-16-26-24(27-34-16)19-12-21(31-6)22(33-14-18-10-8-7-9-11-18)13-20(19)28(25(3,4)5)23(30)15-32-17(2)29/h7-13H,14-15H2,1-6H3. The first-order valence-corrected chi connectivity index (χ1v) is 10.8. The highest BCUT2D eigenvalue weighted by Gasteiger charge is 2.33. The number of hydrogen-bond donors (Lipinski definition) is 0. The zero-order chi connectivity index (χ0) is 24.9. The summed E-state index contributed by atoms with van der Waals surface area (Å²) in [6, 6.07) is 13.1. The largest absolute Gasteiger partial charge is 0.493 e. The number of hydrogen-bond acceptors (Lipinski definition) is 8. The van der Waals surface area contributed by atoms with E-state index in [2.05, 4.69) is 10.1 Å². The molecule has 0 radical (unpaired) electrons. The smallest absolute Gasteiger partial charge is 0.303 e. The fourth-order valence-corrected chi connectivity index (χ4v) is 3.43. The molecule has 9 nitrogen and oxygen atoms in total. The predicted octanol–water partition coefficient (Wildman–Crippen LogP) is 4.33. The molecular formula is C25H29N3O6. The number of ether oxygens (including phenoxy) is 3. The van der Waals surface area contributed by atoms with Gasteiger partial charge in [0, 0.05) is 25.5 Å². The van der Waals surface area contributed by atoms with Crippen molar-refractivity contribution in [3.05, 3.63) is 53.9 Å². The van der Waals surface area contributed by atoms with Gasteiger partial charge in [-0.2, -0.15) is 4.98 Å². The lowest BCUT2D eigenvalue weighted by Crippen LogP contribution is -2.48. The Labute approximate surface area is 198 Å². The van der Waals surface area contributed by atoms with Crippen LogP contribution in [0.5, 0.6) is 11.5 Å². The van der Waals surface area contributed by atoms with Gasteiger partial charge in [-0.15, -0.1) is 0 Å². The van der Waals surface area contributed by atoms with Crippen molar-refractivity contribution in [1.82, 2.24) is 10.1 Å². The van der Waals surface area contributed by atoms with Crippen LogP contribution in [-0.2, 0) is 20.9 Å². The number of aryl methyl sites for hydroxylation is 1. The van der Waals surface area contributed by atoms with Crippen molar-refractivity contribution in [1.29, 1.82) is 0 Å². The van der Waals surface area contributed by atoms with Crippen LogP contribution < -0.4 is 14.4 Å². The van der Waals surface area contributed by atoms with Crippen molar-refractivity contribution < 1.29 is 28.3 Å². The van der Waals surface area contributed by atoms with Crippen molar-refractivity contribution >= 4 is 17.6 Å². The Morgan fingerprint density at radius 1 is 1.09 bits per heavy atom.